The molecule has 0 aromatic carbocycles. The molecular formula is C21H40N2O. The molecule has 2 fully saturated rings. The van der Waals surface area contributed by atoms with Crippen LogP contribution < -0.4 is 11.1 Å². The average Bonchev–Trinajstić information content (AvgIpc) is 2.76. The van der Waals surface area contributed by atoms with Gasteiger partial charge in [0, 0.05) is 18.0 Å². The van der Waals surface area contributed by atoms with Gasteiger partial charge >= 0.3 is 0 Å². The molecule has 2 aliphatic rings. The molecular weight excluding hydrogens is 296 g/mol. The van der Waals surface area contributed by atoms with Gasteiger partial charge in [-0.1, -0.05) is 57.8 Å². The third-order valence-electron chi connectivity index (χ3n) is 6.32. The van der Waals surface area contributed by atoms with Crippen molar-refractivity contribution in [3.05, 3.63) is 0 Å². The summed E-state index contributed by atoms with van der Waals surface area (Å²) in [7, 11) is 0. The van der Waals surface area contributed by atoms with Gasteiger partial charge in [-0.05, 0) is 51.4 Å². The number of nitrogens with one attached hydrogen (secondary N) is 1. The lowest BCUT2D eigenvalue weighted by molar-refractivity contribution is -0.126. The van der Waals surface area contributed by atoms with Crippen LogP contribution in [0.4, 0.5) is 0 Å². The summed E-state index contributed by atoms with van der Waals surface area (Å²) in [6.07, 6.45) is 18.5. The summed E-state index contributed by atoms with van der Waals surface area (Å²) in [4.78, 5) is 12.8. The van der Waals surface area contributed by atoms with E-state index in [1.54, 1.807) is 0 Å². The van der Waals surface area contributed by atoms with Gasteiger partial charge in [0.15, 0.2) is 0 Å². The summed E-state index contributed by atoms with van der Waals surface area (Å²) in [6, 6.07) is 0.731. The maximum atomic E-state index is 12.8. The molecule has 3 heteroatoms. The first-order chi connectivity index (χ1) is 11.7. The van der Waals surface area contributed by atoms with E-state index < -0.39 is 0 Å². The maximum absolute atomic E-state index is 12.8. The van der Waals surface area contributed by atoms with Crippen molar-refractivity contribution in [1.29, 1.82) is 0 Å². The molecule has 2 rings (SSSR count). The summed E-state index contributed by atoms with van der Waals surface area (Å²) in [5, 5.41) is 3.42. The van der Waals surface area contributed by atoms with E-state index in [1.807, 2.05) is 0 Å². The van der Waals surface area contributed by atoms with Crippen LogP contribution in [0, 0.1) is 11.8 Å². The van der Waals surface area contributed by atoms with Gasteiger partial charge in [-0.3, -0.25) is 4.79 Å². The second-order valence-electron chi connectivity index (χ2n) is 8.44. The molecule has 24 heavy (non-hydrogen) atoms. The van der Waals surface area contributed by atoms with E-state index in [1.165, 1.54) is 77.0 Å². The third-order valence-corrected chi connectivity index (χ3v) is 6.32. The lowest BCUT2D eigenvalue weighted by atomic mass is 9.90. The van der Waals surface area contributed by atoms with Gasteiger partial charge in [-0.15, -0.1) is 0 Å². The van der Waals surface area contributed by atoms with Crippen molar-refractivity contribution in [3.8, 4) is 0 Å². The highest BCUT2D eigenvalue weighted by Crippen LogP contribution is 2.27. The van der Waals surface area contributed by atoms with Gasteiger partial charge in [0.2, 0.25) is 5.91 Å². The Labute approximate surface area is 149 Å². The van der Waals surface area contributed by atoms with Crippen molar-refractivity contribution in [2.75, 3.05) is 0 Å². The minimum absolute atomic E-state index is 0.240. The molecule has 0 aliphatic heterocycles. The van der Waals surface area contributed by atoms with E-state index in [-0.39, 0.29) is 5.92 Å². The maximum Gasteiger partial charge on any atom is 0.223 e. The number of carbonyl (C=O) groups excluding carboxylic acids is 1. The van der Waals surface area contributed by atoms with Crippen molar-refractivity contribution in [2.24, 2.45) is 17.6 Å². The third kappa shape index (κ3) is 7.13. The lowest BCUT2D eigenvalue weighted by Gasteiger charge is -2.22. The lowest BCUT2D eigenvalue weighted by Crippen LogP contribution is -2.39. The Morgan fingerprint density at radius 3 is 1.96 bits per heavy atom. The molecule has 3 N–H and O–H groups in total. The SMILES string of the molecule is CC(N)C1CCCCC(C(=O)NC2CCCCCCCC2)CCC1. The highest BCUT2D eigenvalue weighted by atomic mass is 16.1. The van der Waals surface area contributed by atoms with Crippen LogP contribution in [0.5, 0.6) is 0 Å². The Hall–Kier alpha value is -0.570. The number of nitrogens with two attached hydrogens (primary N) is 1. The summed E-state index contributed by atoms with van der Waals surface area (Å²) < 4.78 is 0. The van der Waals surface area contributed by atoms with Gasteiger partial charge in [-0.2, -0.15) is 0 Å². The fourth-order valence-corrected chi connectivity index (χ4v) is 4.60. The fourth-order valence-electron chi connectivity index (χ4n) is 4.60. The standard InChI is InChI=1S/C21H40N2O/c1-17(22)18-11-8-9-12-19(14-10-13-18)21(24)23-20-15-6-4-2-3-5-7-16-20/h17-20H,2-16,22H2,1H3,(H,23,24). The van der Waals surface area contributed by atoms with Crippen molar-refractivity contribution < 1.29 is 4.79 Å². The van der Waals surface area contributed by atoms with Crippen LogP contribution in [0.2, 0.25) is 0 Å². The molecule has 0 aromatic rings. The smallest absolute Gasteiger partial charge is 0.223 e. The predicted molar refractivity (Wildman–Crippen MR) is 102 cm³/mol. The van der Waals surface area contributed by atoms with Crippen LogP contribution in [0.15, 0.2) is 0 Å². The summed E-state index contributed by atoms with van der Waals surface area (Å²) in [5.41, 5.74) is 6.12. The monoisotopic (exact) mass is 336 g/mol. The van der Waals surface area contributed by atoms with E-state index in [0.717, 1.165) is 19.3 Å². The highest BCUT2D eigenvalue weighted by molar-refractivity contribution is 5.78. The van der Waals surface area contributed by atoms with E-state index in [9.17, 15) is 4.79 Å². The molecule has 3 nitrogen and oxygen atoms in total. The normalized spacial score (nSPS) is 29.9. The first-order valence-corrected chi connectivity index (χ1v) is 10.7. The molecule has 0 saturated heterocycles. The van der Waals surface area contributed by atoms with E-state index in [4.69, 9.17) is 5.73 Å². The zero-order valence-electron chi connectivity index (χ0n) is 15.9. The van der Waals surface area contributed by atoms with Crippen LogP contribution in [-0.2, 0) is 4.79 Å². The molecule has 2 saturated carbocycles. The predicted octanol–water partition coefficient (Wildman–Crippen LogP) is 4.93. The minimum Gasteiger partial charge on any atom is -0.353 e. The van der Waals surface area contributed by atoms with Gasteiger partial charge in [0.1, 0.15) is 0 Å². The van der Waals surface area contributed by atoms with Crippen LogP contribution >= 0.6 is 0 Å². The fraction of sp³-hybridized carbons (Fsp3) is 0.952. The molecule has 0 bridgehead atoms. The summed E-state index contributed by atoms with van der Waals surface area (Å²) in [5.74, 6) is 1.24. The Balaban J connectivity index is 1.81. The Bertz CT molecular complexity index is 346. The van der Waals surface area contributed by atoms with Crippen LogP contribution in [0.25, 0.3) is 0 Å². The second kappa shape index (κ2) is 11.1. The Morgan fingerprint density at radius 1 is 0.792 bits per heavy atom. The van der Waals surface area contributed by atoms with E-state index in [2.05, 4.69) is 12.2 Å². The number of carbonyl (C=O) groups is 1. The van der Waals surface area contributed by atoms with Crippen molar-refractivity contribution in [3.63, 3.8) is 0 Å². The molecule has 3 atom stereocenters. The number of hydrogen-bond donors (Lipinski definition) is 2. The second-order valence-corrected chi connectivity index (χ2v) is 8.44. The molecule has 1 amide bonds. The minimum atomic E-state index is 0.240. The summed E-state index contributed by atoms with van der Waals surface area (Å²) >= 11 is 0. The molecule has 0 spiro atoms. The van der Waals surface area contributed by atoms with Crippen LogP contribution in [0.3, 0.4) is 0 Å². The zero-order chi connectivity index (χ0) is 17.2. The number of hydrogen-bond acceptors (Lipinski definition) is 2. The first kappa shape index (κ1) is 19.8. The molecule has 3 unspecified atom stereocenters. The van der Waals surface area contributed by atoms with E-state index >= 15 is 0 Å². The van der Waals surface area contributed by atoms with Gasteiger partial charge in [0.05, 0.1) is 0 Å². The van der Waals surface area contributed by atoms with Crippen molar-refractivity contribution in [1.82, 2.24) is 5.32 Å². The van der Waals surface area contributed by atoms with Crippen molar-refractivity contribution in [2.45, 2.75) is 115 Å². The van der Waals surface area contributed by atoms with Crippen LogP contribution in [0.1, 0.15) is 103 Å². The van der Waals surface area contributed by atoms with E-state index in [0.29, 0.717) is 23.9 Å². The number of rotatable bonds is 3. The quantitative estimate of drug-likeness (QED) is 0.768. The van der Waals surface area contributed by atoms with Crippen LogP contribution in [-0.4, -0.2) is 18.0 Å². The molecule has 2 aliphatic carbocycles. The van der Waals surface area contributed by atoms with Crippen molar-refractivity contribution >= 4 is 5.91 Å². The van der Waals surface area contributed by atoms with Gasteiger partial charge in [-0.25, -0.2) is 0 Å². The van der Waals surface area contributed by atoms with Gasteiger partial charge < -0.3 is 11.1 Å². The zero-order valence-corrected chi connectivity index (χ0v) is 15.9. The molecule has 0 heterocycles. The molecule has 0 aromatic heterocycles. The van der Waals surface area contributed by atoms with Gasteiger partial charge in [0.25, 0.3) is 0 Å². The summed E-state index contributed by atoms with van der Waals surface area (Å²) in [6.45, 7) is 2.14. The highest BCUT2D eigenvalue weighted by Gasteiger charge is 2.24. The molecule has 140 valence electrons. The Morgan fingerprint density at radius 2 is 1.29 bits per heavy atom. The molecule has 0 radical (unpaired) electrons. The average molecular weight is 337 g/mol. The topological polar surface area (TPSA) is 55.1 Å². The first-order valence-electron chi connectivity index (χ1n) is 10.7. The largest absolute Gasteiger partial charge is 0.353 e. The number of amides is 1. The Kier molecular flexibility index (Phi) is 9.15.